The summed E-state index contributed by atoms with van der Waals surface area (Å²) in [4.78, 5) is 13.1. The van der Waals surface area contributed by atoms with E-state index in [0.29, 0.717) is 0 Å². The number of aryl methyl sites for hydroxylation is 1. The highest BCUT2D eigenvalue weighted by atomic mass is 32.2. The van der Waals surface area contributed by atoms with Crippen LogP contribution in [0.15, 0.2) is 29.2 Å². The lowest BCUT2D eigenvalue weighted by Crippen LogP contribution is -2.60. The van der Waals surface area contributed by atoms with Crippen molar-refractivity contribution in [1.82, 2.24) is 10.0 Å². The minimum absolute atomic E-state index is 0.0430. The first-order chi connectivity index (χ1) is 13.0. The van der Waals surface area contributed by atoms with Gasteiger partial charge in [0.15, 0.2) is 0 Å². The lowest BCUT2D eigenvalue weighted by molar-refractivity contribution is -0.127. The fraction of sp³-hybridized carbons (Fsp3) is 0.682. The van der Waals surface area contributed by atoms with Gasteiger partial charge in [0.05, 0.1) is 4.90 Å². The second-order valence-corrected chi connectivity index (χ2v) is 11.9. The van der Waals surface area contributed by atoms with Gasteiger partial charge in [-0.05, 0) is 89.2 Å². The Morgan fingerprint density at radius 3 is 2.04 bits per heavy atom. The van der Waals surface area contributed by atoms with Gasteiger partial charge in [0.25, 0.3) is 0 Å². The SMILES string of the molecule is Cc1ccc(S(=O)(=O)NC(C)(C)CC(=O)NC23CC4CC(CC(C4)C2)C3)cc1. The molecule has 1 amide bonds. The molecule has 4 aliphatic carbocycles. The van der Waals surface area contributed by atoms with Gasteiger partial charge in [-0.2, -0.15) is 0 Å². The highest BCUT2D eigenvalue weighted by Crippen LogP contribution is 2.55. The zero-order chi connectivity index (χ0) is 20.2. The van der Waals surface area contributed by atoms with E-state index in [0.717, 1.165) is 42.6 Å². The van der Waals surface area contributed by atoms with Crippen LogP contribution in [0.1, 0.15) is 64.4 Å². The minimum Gasteiger partial charge on any atom is -0.351 e. The van der Waals surface area contributed by atoms with Gasteiger partial charge < -0.3 is 5.32 Å². The molecule has 5 nitrogen and oxygen atoms in total. The Balaban J connectivity index is 1.40. The molecule has 4 bridgehead atoms. The molecule has 0 radical (unpaired) electrons. The maximum Gasteiger partial charge on any atom is 0.241 e. The van der Waals surface area contributed by atoms with E-state index in [1.165, 1.54) is 19.3 Å². The van der Waals surface area contributed by atoms with E-state index in [4.69, 9.17) is 0 Å². The lowest BCUT2D eigenvalue weighted by Gasteiger charge is -2.57. The first-order valence-electron chi connectivity index (χ1n) is 10.5. The summed E-state index contributed by atoms with van der Waals surface area (Å²) in [6.07, 6.45) is 7.42. The van der Waals surface area contributed by atoms with Crippen LogP contribution in [0.25, 0.3) is 0 Å². The summed E-state index contributed by atoms with van der Waals surface area (Å²) < 4.78 is 28.1. The Labute approximate surface area is 168 Å². The number of hydrogen-bond acceptors (Lipinski definition) is 3. The average Bonchev–Trinajstić information content (AvgIpc) is 2.51. The van der Waals surface area contributed by atoms with Crippen molar-refractivity contribution in [3.8, 4) is 0 Å². The number of rotatable bonds is 6. The third-order valence-corrected chi connectivity index (χ3v) is 8.50. The van der Waals surface area contributed by atoms with Crippen LogP contribution in [0.2, 0.25) is 0 Å². The molecule has 28 heavy (non-hydrogen) atoms. The van der Waals surface area contributed by atoms with E-state index in [-0.39, 0.29) is 22.8 Å². The zero-order valence-corrected chi connectivity index (χ0v) is 17.9. The van der Waals surface area contributed by atoms with Crippen molar-refractivity contribution < 1.29 is 13.2 Å². The molecular formula is C22H32N2O3S. The average molecular weight is 405 g/mol. The lowest BCUT2D eigenvalue weighted by atomic mass is 9.53. The van der Waals surface area contributed by atoms with Crippen molar-refractivity contribution >= 4 is 15.9 Å². The van der Waals surface area contributed by atoms with Crippen molar-refractivity contribution in [2.45, 2.75) is 81.7 Å². The summed E-state index contributed by atoms with van der Waals surface area (Å²) >= 11 is 0. The van der Waals surface area contributed by atoms with Gasteiger partial charge in [-0.25, -0.2) is 13.1 Å². The van der Waals surface area contributed by atoms with E-state index in [9.17, 15) is 13.2 Å². The number of benzene rings is 1. The van der Waals surface area contributed by atoms with Crippen LogP contribution in [-0.4, -0.2) is 25.4 Å². The van der Waals surface area contributed by atoms with Gasteiger partial charge >= 0.3 is 0 Å². The van der Waals surface area contributed by atoms with Crippen molar-refractivity contribution in [3.05, 3.63) is 29.8 Å². The monoisotopic (exact) mass is 404 g/mol. The second-order valence-electron chi connectivity index (χ2n) is 10.2. The van der Waals surface area contributed by atoms with Crippen LogP contribution in [-0.2, 0) is 14.8 Å². The fourth-order valence-electron chi connectivity index (χ4n) is 6.18. The van der Waals surface area contributed by atoms with Gasteiger partial charge in [0.1, 0.15) is 0 Å². The standard InChI is InChI=1S/C22H32N2O3S/c1-15-4-6-19(7-5-15)28(26,27)24-21(2,3)14-20(25)23-22-11-16-8-17(12-22)10-18(9-16)13-22/h4-7,16-18,24H,8-14H2,1-3H3,(H,23,25). The Kier molecular flexibility index (Phi) is 4.86. The number of sulfonamides is 1. The zero-order valence-electron chi connectivity index (χ0n) is 17.1. The molecule has 6 heteroatoms. The summed E-state index contributed by atoms with van der Waals surface area (Å²) in [5, 5.41) is 3.34. The molecule has 1 aromatic carbocycles. The summed E-state index contributed by atoms with van der Waals surface area (Å²) in [5.41, 5.74) is 0.113. The molecule has 4 aliphatic rings. The molecular weight excluding hydrogens is 372 g/mol. The highest BCUT2D eigenvalue weighted by Gasteiger charge is 2.51. The smallest absolute Gasteiger partial charge is 0.241 e. The second kappa shape index (κ2) is 6.84. The van der Waals surface area contributed by atoms with Gasteiger partial charge in [0, 0.05) is 17.5 Å². The molecule has 0 unspecified atom stereocenters. The molecule has 0 aliphatic heterocycles. The number of carbonyl (C=O) groups excluding carboxylic acids is 1. The predicted molar refractivity (Wildman–Crippen MR) is 109 cm³/mol. The molecule has 0 atom stereocenters. The van der Waals surface area contributed by atoms with Gasteiger partial charge in [-0.15, -0.1) is 0 Å². The molecule has 0 heterocycles. The summed E-state index contributed by atoms with van der Waals surface area (Å²) in [7, 11) is -3.66. The number of nitrogens with one attached hydrogen (secondary N) is 2. The third-order valence-electron chi connectivity index (χ3n) is 6.79. The molecule has 5 rings (SSSR count). The normalized spacial score (nSPS) is 31.8. The summed E-state index contributed by atoms with van der Waals surface area (Å²) in [6.45, 7) is 5.47. The minimum atomic E-state index is -3.66. The van der Waals surface area contributed by atoms with Crippen LogP contribution in [0, 0.1) is 24.7 Å². The first kappa shape index (κ1) is 19.9. The Bertz CT molecular complexity index is 823. The van der Waals surface area contributed by atoms with Crippen molar-refractivity contribution in [3.63, 3.8) is 0 Å². The summed E-state index contributed by atoms with van der Waals surface area (Å²) in [5.74, 6) is 2.25. The van der Waals surface area contributed by atoms with E-state index >= 15 is 0 Å². The Morgan fingerprint density at radius 2 is 1.54 bits per heavy atom. The first-order valence-corrected chi connectivity index (χ1v) is 11.9. The third kappa shape index (κ3) is 4.13. The largest absolute Gasteiger partial charge is 0.351 e. The van der Waals surface area contributed by atoms with E-state index in [2.05, 4.69) is 10.0 Å². The van der Waals surface area contributed by atoms with Crippen LogP contribution in [0.5, 0.6) is 0 Å². The fourth-order valence-corrected chi connectivity index (χ4v) is 7.59. The number of carbonyl (C=O) groups is 1. The molecule has 4 saturated carbocycles. The van der Waals surface area contributed by atoms with Crippen LogP contribution in [0.4, 0.5) is 0 Å². The van der Waals surface area contributed by atoms with Crippen molar-refractivity contribution in [2.75, 3.05) is 0 Å². The molecule has 0 saturated heterocycles. The maximum absolute atomic E-state index is 12.9. The van der Waals surface area contributed by atoms with Gasteiger partial charge in [-0.1, -0.05) is 17.7 Å². The maximum atomic E-state index is 12.9. The van der Waals surface area contributed by atoms with Crippen LogP contribution in [0.3, 0.4) is 0 Å². The van der Waals surface area contributed by atoms with Gasteiger partial charge in [-0.3, -0.25) is 4.79 Å². The topological polar surface area (TPSA) is 75.3 Å². The predicted octanol–water partition coefficient (Wildman–Crippen LogP) is 3.53. The number of hydrogen-bond donors (Lipinski definition) is 2. The van der Waals surface area contributed by atoms with Crippen molar-refractivity contribution in [2.24, 2.45) is 17.8 Å². The van der Waals surface area contributed by atoms with Crippen LogP contribution >= 0.6 is 0 Å². The Morgan fingerprint density at radius 1 is 1.04 bits per heavy atom. The molecule has 2 N–H and O–H groups in total. The molecule has 154 valence electrons. The Hall–Kier alpha value is -1.40. The van der Waals surface area contributed by atoms with Crippen LogP contribution < -0.4 is 10.0 Å². The molecule has 1 aromatic rings. The van der Waals surface area contributed by atoms with E-state index in [1.54, 1.807) is 38.1 Å². The number of amides is 1. The summed E-state index contributed by atoms with van der Waals surface area (Å²) in [6, 6.07) is 6.76. The molecule has 4 fully saturated rings. The van der Waals surface area contributed by atoms with E-state index in [1.807, 2.05) is 6.92 Å². The molecule has 0 spiro atoms. The van der Waals surface area contributed by atoms with Gasteiger partial charge in [0.2, 0.25) is 15.9 Å². The van der Waals surface area contributed by atoms with Crippen molar-refractivity contribution in [1.29, 1.82) is 0 Å². The van der Waals surface area contributed by atoms with E-state index < -0.39 is 15.6 Å². The molecule has 0 aromatic heterocycles. The quantitative estimate of drug-likeness (QED) is 0.762. The highest BCUT2D eigenvalue weighted by molar-refractivity contribution is 7.89.